The van der Waals surface area contributed by atoms with E-state index in [2.05, 4.69) is 47.4 Å². The number of primary amides is 1. The van der Waals surface area contributed by atoms with Crippen LogP contribution in [0.4, 0.5) is 5.82 Å². The number of hydrogen-bond donors (Lipinski definition) is 3. The number of carbonyl (C=O) groups excluding carboxylic acids is 1. The summed E-state index contributed by atoms with van der Waals surface area (Å²) < 4.78 is 0. The van der Waals surface area contributed by atoms with Gasteiger partial charge in [-0.1, -0.05) is 38.7 Å². The molecule has 7 heteroatoms. The lowest BCUT2D eigenvalue weighted by Crippen LogP contribution is -2.42. The van der Waals surface area contributed by atoms with Gasteiger partial charge in [0.2, 0.25) is 5.91 Å². The molecule has 1 aromatic rings. The molecule has 1 aliphatic rings. The van der Waals surface area contributed by atoms with Crippen molar-refractivity contribution in [3.63, 3.8) is 0 Å². The summed E-state index contributed by atoms with van der Waals surface area (Å²) in [6, 6.07) is 4.44. The smallest absolute Gasteiger partial charge is 0.220 e. The highest BCUT2D eigenvalue weighted by molar-refractivity contribution is 5.80. The molecule has 0 aromatic carbocycles. The largest absolute Gasteiger partial charge is 0.369 e. The van der Waals surface area contributed by atoms with Gasteiger partial charge in [0.15, 0.2) is 5.96 Å². The first kappa shape index (κ1) is 24.0. The summed E-state index contributed by atoms with van der Waals surface area (Å²) in [4.78, 5) is 23.1. The number of pyridine rings is 1. The molecule has 2 rings (SSSR count). The van der Waals surface area contributed by atoms with Crippen LogP contribution in [0.2, 0.25) is 0 Å². The Balaban J connectivity index is 1.98. The number of piperidine rings is 1. The number of rotatable bonds is 11. The number of amides is 1. The number of aromatic nitrogens is 1. The summed E-state index contributed by atoms with van der Waals surface area (Å²) in [5.74, 6) is 1.61. The van der Waals surface area contributed by atoms with Crippen molar-refractivity contribution in [3.8, 4) is 0 Å². The summed E-state index contributed by atoms with van der Waals surface area (Å²) in [5, 5.41) is 6.89. The van der Waals surface area contributed by atoms with Crippen LogP contribution in [-0.4, -0.2) is 42.5 Å². The van der Waals surface area contributed by atoms with Crippen LogP contribution in [0.25, 0.3) is 0 Å². The van der Waals surface area contributed by atoms with Gasteiger partial charge in [-0.15, -0.1) is 0 Å². The van der Waals surface area contributed by atoms with Crippen LogP contribution < -0.4 is 21.3 Å². The van der Waals surface area contributed by atoms with Gasteiger partial charge in [-0.05, 0) is 39.2 Å². The fourth-order valence-electron chi connectivity index (χ4n) is 3.88. The van der Waals surface area contributed by atoms with E-state index in [-0.39, 0.29) is 11.8 Å². The van der Waals surface area contributed by atoms with Crippen LogP contribution >= 0.6 is 0 Å². The molecule has 1 aromatic heterocycles. The zero-order valence-electron chi connectivity index (χ0n) is 19.0. The van der Waals surface area contributed by atoms with Gasteiger partial charge in [-0.3, -0.25) is 4.79 Å². The number of hydrogen-bond acceptors (Lipinski definition) is 4. The van der Waals surface area contributed by atoms with Crippen molar-refractivity contribution in [2.24, 2.45) is 16.6 Å². The molecule has 0 bridgehead atoms. The number of anilines is 1. The number of nitrogens with zero attached hydrogens (tertiary/aromatic N) is 3. The second-order valence-corrected chi connectivity index (χ2v) is 8.24. The summed E-state index contributed by atoms with van der Waals surface area (Å²) >= 11 is 0. The minimum Gasteiger partial charge on any atom is -0.369 e. The fraction of sp³-hybridized carbons (Fsp3) is 0.696. The first-order chi connectivity index (χ1) is 14.5. The van der Waals surface area contributed by atoms with E-state index in [1.165, 1.54) is 25.7 Å². The predicted octanol–water partition coefficient (Wildman–Crippen LogP) is 3.20. The normalized spacial score (nSPS) is 16.4. The number of nitrogens with one attached hydrogen (secondary N) is 2. The third-order valence-corrected chi connectivity index (χ3v) is 5.69. The van der Waals surface area contributed by atoms with E-state index in [4.69, 9.17) is 10.7 Å². The van der Waals surface area contributed by atoms with Crippen molar-refractivity contribution in [2.75, 3.05) is 24.5 Å². The van der Waals surface area contributed by atoms with Crippen LogP contribution in [0.5, 0.6) is 0 Å². The van der Waals surface area contributed by atoms with E-state index >= 15 is 0 Å². The maximum absolute atomic E-state index is 11.4. The Morgan fingerprint density at radius 3 is 2.73 bits per heavy atom. The Morgan fingerprint density at radius 1 is 1.30 bits per heavy atom. The molecule has 1 fully saturated rings. The van der Waals surface area contributed by atoms with E-state index in [1.807, 2.05) is 12.3 Å². The summed E-state index contributed by atoms with van der Waals surface area (Å²) in [6.07, 6.45) is 9.66. The molecular weight excluding hydrogens is 376 g/mol. The summed E-state index contributed by atoms with van der Waals surface area (Å²) in [5.41, 5.74) is 6.57. The van der Waals surface area contributed by atoms with Gasteiger partial charge < -0.3 is 21.3 Å². The van der Waals surface area contributed by atoms with E-state index in [9.17, 15) is 4.79 Å². The SMILES string of the molecule is CCCCCCC(C)NC(=NCc1cccnc1N1CCC(C(N)=O)CC1)NCC. The lowest BCUT2D eigenvalue weighted by molar-refractivity contribution is -0.122. The number of carbonyl (C=O) groups is 1. The highest BCUT2D eigenvalue weighted by Gasteiger charge is 2.24. The number of guanidine groups is 1. The maximum atomic E-state index is 11.4. The molecule has 0 saturated carbocycles. The van der Waals surface area contributed by atoms with Crippen molar-refractivity contribution in [1.82, 2.24) is 15.6 Å². The Kier molecular flexibility index (Phi) is 10.5. The van der Waals surface area contributed by atoms with Crippen LogP contribution in [0, 0.1) is 5.92 Å². The quantitative estimate of drug-likeness (QED) is 0.292. The van der Waals surface area contributed by atoms with Crippen molar-refractivity contribution >= 4 is 17.7 Å². The number of nitrogens with two attached hydrogens (primary N) is 1. The van der Waals surface area contributed by atoms with Gasteiger partial charge in [0.05, 0.1) is 6.54 Å². The molecule has 4 N–H and O–H groups in total. The maximum Gasteiger partial charge on any atom is 0.220 e. The average molecular weight is 417 g/mol. The van der Waals surface area contributed by atoms with Crippen molar-refractivity contribution in [1.29, 1.82) is 0 Å². The molecule has 1 unspecified atom stereocenters. The van der Waals surface area contributed by atoms with E-state index < -0.39 is 0 Å². The standard InChI is InChI=1S/C23H40N6O/c1-4-6-7-8-10-18(3)28-23(25-5-2)27-17-20-11-9-14-26-22(20)29-15-12-19(13-16-29)21(24)30/h9,11,14,18-19H,4-8,10,12-13,15-17H2,1-3H3,(H2,24,30)(H2,25,27,28). The van der Waals surface area contributed by atoms with Crippen LogP contribution in [0.15, 0.2) is 23.3 Å². The van der Waals surface area contributed by atoms with Crippen LogP contribution in [0.3, 0.4) is 0 Å². The summed E-state index contributed by atoms with van der Waals surface area (Å²) in [7, 11) is 0. The molecule has 1 atom stereocenters. The highest BCUT2D eigenvalue weighted by atomic mass is 16.1. The molecule has 0 radical (unpaired) electrons. The fourth-order valence-corrected chi connectivity index (χ4v) is 3.88. The van der Waals surface area contributed by atoms with Crippen LogP contribution in [0.1, 0.15) is 71.3 Å². The van der Waals surface area contributed by atoms with Gasteiger partial charge in [-0.2, -0.15) is 0 Å². The third-order valence-electron chi connectivity index (χ3n) is 5.69. The van der Waals surface area contributed by atoms with Crippen molar-refractivity contribution in [3.05, 3.63) is 23.9 Å². The Hall–Kier alpha value is -2.31. The zero-order valence-corrected chi connectivity index (χ0v) is 19.0. The molecule has 1 amide bonds. The molecule has 7 nitrogen and oxygen atoms in total. The second kappa shape index (κ2) is 13.1. The van der Waals surface area contributed by atoms with Gasteiger partial charge in [0, 0.05) is 43.4 Å². The average Bonchev–Trinajstić information content (AvgIpc) is 2.75. The van der Waals surface area contributed by atoms with E-state index in [1.54, 1.807) is 0 Å². The Bertz CT molecular complexity index is 669. The Morgan fingerprint density at radius 2 is 2.07 bits per heavy atom. The van der Waals surface area contributed by atoms with E-state index in [0.717, 1.165) is 56.2 Å². The topological polar surface area (TPSA) is 95.6 Å². The molecule has 0 spiro atoms. The minimum absolute atomic E-state index is 0.0187. The first-order valence-corrected chi connectivity index (χ1v) is 11.6. The third kappa shape index (κ3) is 7.84. The molecule has 1 aliphatic heterocycles. The van der Waals surface area contributed by atoms with Gasteiger partial charge in [0.25, 0.3) is 0 Å². The molecule has 1 saturated heterocycles. The molecule has 30 heavy (non-hydrogen) atoms. The first-order valence-electron chi connectivity index (χ1n) is 11.6. The van der Waals surface area contributed by atoms with Crippen molar-refractivity contribution < 1.29 is 4.79 Å². The van der Waals surface area contributed by atoms with Crippen molar-refractivity contribution in [2.45, 2.75) is 78.3 Å². The predicted molar refractivity (Wildman–Crippen MR) is 125 cm³/mol. The molecule has 0 aliphatic carbocycles. The van der Waals surface area contributed by atoms with Crippen LogP contribution in [-0.2, 0) is 11.3 Å². The zero-order chi connectivity index (χ0) is 21.8. The summed E-state index contributed by atoms with van der Waals surface area (Å²) in [6.45, 7) is 9.54. The van der Waals surface area contributed by atoms with E-state index in [0.29, 0.717) is 12.6 Å². The second-order valence-electron chi connectivity index (χ2n) is 8.24. The molecule has 168 valence electrons. The molecule has 2 heterocycles. The number of aliphatic imine (C=N–C) groups is 1. The van der Waals surface area contributed by atoms with Gasteiger partial charge in [0.1, 0.15) is 5.82 Å². The van der Waals surface area contributed by atoms with Gasteiger partial charge in [-0.25, -0.2) is 9.98 Å². The molecular formula is C23H40N6O. The number of unbranched alkanes of at least 4 members (excludes halogenated alkanes) is 3. The minimum atomic E-state index is -0.189. The lowest BCUT2D eigenvalue weighted by atomic mass is 9.96. The monoisotopic (exact) mass is 416 g/mol. The van der Waals surface area contributed by atoms with Gasteiger partial charge >= 0.3 is 0 Å². The highest BCUT2D eigenvalue weighted by Crippen LogP contribution is 2.24. The lowest BCUT2D eigenvalue weighted by Gasteiger charge is -2.32. The Labute approximate surface area is 181 Å².